The molecule has 0 unspecified atom stereocenters. The molecule has 7 heteroatoms. The lowest BCUT2D eigenvalue weighted by atomic mass is 9.99. The van der Waals surface area contributed by atoms with Crippen molar-refractivity contribution < 1.29 is 14.4 Å². The molecule has 0 aromatic carbocycles. The van der Waals surface area contributed by atoms with Gasteiger partial charge >= 0.3 is 17.8 Å². The molecule has 312 valence electrons. The fourth-order valence-corrected chi connectivity index (χ4v) is 6.50. The van der Waals surface area contributed by atoms with E-state index in [2.05, 4.69) is 73.1 Å². The van der Waals surface area contributed by atoms with Crippen LogP contribution in [0.5, 0.6) is 0 Å². The SMILES string of the molecule is CCCCC/C=C\C/C=C\CCCCCCCCC(CCCCCCCC/C=C\C/C=C\CCCCC)NC(=O)C(=O)N(CCCN(C)C)C(=O)NCC. The summed E-state index contributed by atoms with van der Waals surface area (Å²) < 4.78 is 0. The molecule has 0 aliphatic rings. The number of urea groups is 1. The van der Waals surface area contributed by atoms with Crippen molar-refractivity contribution in [2.45, 2.75) is 200 Å². The van der Waals surface area contributed by atoms with Gasteiger partial charge in [-0.05, 0) is 111 Å². The molecule has 4 amide bonds. The molecular weight excluding hydrogens is 669 g/mol. The van der Waals surface area contributed by atoms with Gasteiger partial charge in [-0.1, -0.05) is 152 Å². The van der Waals surface area contributed by atoms with Crippen LogP contribution in [0.25, 0.3) is 0 Å². The highest BCUT2D eigenvalue weighted by atomic mass is 16.2. The zero-order valence-corrected chi connectivity index (χ0v) is 36.0. The Bertz CT molecular complexity index is 955. The second-order valence-corrected chi connectivity index (χ2v) is 15.4. The Labute approximate surface area is 334 Å². The lowest BCUT2D eigenvalue weighted by molar-refractivity contribution is -0.144. The summed E-state index contributed by atoms with van der Waals surface area (Å²) in [5.41, 5.74) is 0. The maximum Gasteiger partial charge on any atom is 0.324 e. The van der Waals surface area contributed by atoms with Crippen LogP contribution in [-0.2, 0) is 9.59 Å². The molecule has 0 atom stereocenters. The van der Waals surface area contributed by atoms with E-state index in [4.69, 9.17) is 0 Å². The first kappa shape index (κ1) is 51.3. The number of hydrogen-bond acceptors (Lipinski definition) is 4. The molecule has 0 fully saturated rings. The minimum Gasteiger partial charge on any atom is -0.345 e. The molecule has 0 aliphatic carbocycles. The molecule has 0 rings (SSSR count). The predicted octanol–water partition coefficient (Wildman–Crippen LogP) is 12.4. The lowest BCUT2D eigenvalue weighted by Crippen LogP contribution is -2.52. The van der Waals surface area contributed by atoms with Gasteiger partial charge in [0.25, 0.3) is 0 Å². The highest BCUT2D eigenvalue weighted by molar-refractivity contribution is 6.37. The summed E-state index contributed by atoms with van der Waals surface area (Å²) >= 11 is 0. The number of unbranched alkanes of at least 4 members (excludes halogenated alkanes) is 18. The van der Waals surface area contributed by atoms with Crippen LogP contribution in [0.15, 0.2) is 48.6 Å². The van der Waals surface area contributed by atoms with E-state index in [0.29, 0.717) is 13.0 Å². The Morgan fingerprint density at radius 3 is 1.31 bits per heavy atom. The lowest BCUT2D eigenvalue weighted by Gasteiger charge is -2.24. The van der Waals surface area contributed by atoms with Gasteiger partial charge in [0.15, 0.2) is 0 Å². The van der Waals surface area contributed by atoms with Crippen molar-refractivity contribution in [3.8, 4) is 0 Å². The molecule has 0 aliphatic heterocycles. The number of amides is 4. The molecule has 0 aromatic rings. The molecule has 2 N–H and O–H groups in total. The normalized spacial score (nSPS) is 12.1. The largest absolute Gasteiger partial charge is 0.345 e. The molecule has 0 spiro atoms. The molecule has 0 radical (unpaired) electrons. The van der Waals surface area contributed by atoms with Crippen molar-refractivity contribution in [2.75, 3.05) is 33.7 Å². The average molecular weight is 755 g/mol. The third kappa shape index (κ3) is 33.9. The standard InChI is InChI=1S/C47H86N4O3/c1-6-9-11-13-15-17-19-21-23-25-27-29-31-33-35-37-40-44(49-45(52)46(53)51(47(54)48-8-3)43-39-42-50(4)5)41-38-36-34-32-30-28-26-24-22-20-18-16-14-12-10-7-2/h15-18,21-24,44H,6-14,19-20,25-43H2,1-5H3,(H,48,54)(H,49,52)/b17-15-,18-16-,23-21-,24-22-. The number of carbonyl (C=O) groups excluding carboxylic acids is 3. The summed E-state index contributed by atoms with van der Waals surface area (Å²) in [7, 11) is 3.91. The molecule has 0 saturated heterocycles. The zero-order chi connectivity index (χ0) is 39.7. The van der Waals surface area contributed by atoms with E-state index in [1.807, 2.05) is 25.9 Å². The number of rotatable bonds is 36. The fourth-order valence-electron chi connectivity index (χ4n) is 6.50. The highest BCUT2D eigenvalue weighted by Crippen LogP contribution is 2.16. The maximum atomic E-state index is 13.2. The first-order chi connectivity index (χ1) is 26.4. The summed E-state index contributed by atoms with van der Waals surface area (Å²) in [5.74, 6) is -1.41. The molecule has 0 heterocycles. The average Bonchev–Trinajstić information content (AvgIpc) is 3.15. The molecule has 54 heavy (non-hydrogen) atoms. The Hall–Kier alpha value is -2.67. The Morgan fingerprint density at radius 2 is 0.907 bits per heavy atom. The Morgan fingerprint density at radius 1 is 0.500 bits per heavy atom. The van der Waals surface area contributed by atoms with E-state index in [0.717, 1.165) is 75.7 Å². The summed E-state index contributed by atoms with van der Waals surface area (Å²) in [6, 6.07) is -0.542. The fraction of sp³-hybridized carbons (Fsp3) is 0.766. The van der Waals surface area contributed by atoms with Crippen LogP contribution in [0, 0.1) is 0 Å². The minimum absolute atomic E-state index is 0.0454. The van der Waals surface area contributed by atoms with Crippen molar-refractivity contribution >= 4 is 17.8 Å². The van der Waals surface area contributed by atoms with Gasteiger partial charge in [0, 0.05) is 19.1 Å². The van der Waals surface area contributed by atoms with Crippen LogP contribution in [0.1, 0.15) is 194 Å². The van der Waals surface area contributed by atoms with E-state index >= 15 is 0 Å². The Kier molecular flexibility index (Phi) is 38.0. The van der Waals surface area contributed by atoms with Crippen LogP contribution >= 0.6 is 0 Å². The number of nitrogens with zero attached hydrogens (tertiary/aromatic N) is 2. The van der Waals surface area contributed by atoms with Crippen molar-refractivity contribution in [1.82, 2.24) is 20.4 Å². The number of hydrogen-bond donors (Lipinski definition) is 2. The summed E-state index contributed by atoms with van der Waals surface area (Å²) in [6.07, 6.45) is 49.7. The second-order valence-electron chi connectivity index (χ2n) is 15.4. The monoisotopic (exact) mass is 755 g/mol. The molecule has 0 saturated carbocycles. The minimum atomic E-state index is -0.751. The van der Waals surface area contributed by atoms with E-state index < -0.39 is 17.8 Å². The number of imide groups is 1. The first-order valence-electron chi connectivity index (χ1n) is 22.5. The first-order valence-corrected chi connectivity index (χ1v) is 22.5. The van der Waals surface area contributed by atoms with Gasteiger partial charge in [0.2, 0.25) is 0 Å². The number of carbonyl (C=O) groups is 3. The Balaban J connectivity index is 4.68. The molecular formula is C47H86N4O3. The van der Waals surface area contributed by atoms with Crippen molar-refractivity contribution in [2.24, 2.45) is 0 Å². The quantitative estimate of drug-likeness (QED) is 0.0379. The summed E-state index contributed by atoms with van der Waals surface area (Å²) in [6.45, 7) is 7.67. The van der Waals surface area contributed by atoms with Crippen molar-refractivity contribution in [1.29, 1.82) is 0 Å². The van der Waals surface area contributed by atoms with Crippen molar-refractivity contribution in [3.05, 3.63) is 48.6 Å². The molecule has 7 nitrogen and oxygen atoms in total. The molecule has 0 bridgehead atoms. The van der Waals surface area contributed by atoms with E-state index in [-0.39, 0.29) is 12.6 Å². The number of allylic oxidation sites excluding steroid dienone is 8. The maximum absolute atomic E-state index is 13.2. The van der Waals surface area contributed by atoms with Crippen LogP contribution in [-0.4, -0.2) is 67.4 Å². The van der Waals surface area contributed by atoms with Gasteiger partial charge in [-0.25, -0.2) is 4.79 Å². The van der Waals surface area contributed by atoms with Crippen LogP contribution in [0.2, 0.25) is 0 Å². The van der Waals surface area contributed by atoms with E-state index in [1.54, 1.807) is 0 Å². The smallest absolute Gasteiger partial charge is 0.324 e. The third-order valence-electron chi connectivity index (χ3n) is 9.84. The third-order valence-corrected chi connectivity index (χ3v) is 9.84. The van der Waals surface area contributed by atoms with Crippen LogP contribution in [0.3, 0.4) is 0 Å². The van der Waals surface area contributed by atoms with Gasteiger partial charge in [-0.3, -0.25) is 14.5 Å². The van der Waals surface area contributed by atoms with Crippen LogP contribution < -0.4 is 10.6 Å². The van der Waals surface area contributed by atoms with E-state index in [9.17, 15) is 14.4 Å². The number of nitrogens with one attached hydrogen (secondary N) is 2. The van der Waals surface area contributed by atoms with Gasteiger partial charge < -0.3 is 15.5 Å². The summed E-state index contributed by atoms with van der Waals surface area (Å²) in [4.78, 5) is 42.3. The topological polar surface area (TPSA) is 81.8 Å². The highest BCUT2D eigenvalue weighted by Gasteiger charge is 2.28. The van der Waals surface area contributed by atoms with Gasteiger partial charge in [0.05, 0.1) is 0 Å². The summed E-state index contributed by atoms with van der Waals surface area (Å²) in [5, 5.41) is 5.76. The molecule has 0 aromatic heterocycles. The van der Waals surface area contributed by atoms with Crippen LogP contribution in [0.4, 0.5) is 4.79 Å². The van der Waals surface area contributed by atoms with Gasteiger partial charge in [-0.2, -0.15) is 0 Å². The van der Waals surface area contributed by atoms with Gasteiger partial charge in [0.1, 0.15) is 0 Å². The van der Waals surface area contributed by atoms with E-state index in [1.165, 1.54) is 103 Å². The second kappa shape index (κ2) is 40.0. The predicted molar refractivity (Wildman–Crippen MR) is 234 cm³/mol. The van der Waals surface area contributed by atoms with Crippen molar-refractivity contribution in [3.63, 3.8) is 0 Å². The van der Waals surface area contributed by atoms with Gasteiger partial charge in [-0.15, -0.1) is 0 Å². The zero-order valence-electron chi connectivity index (χ0n) is 36.0.